The van der Waals surface area contributed by atoms with Crippen molar-refractivity contribution in [2.24, 2.45) is 0 Å². The first kappa shape index (κ1) is 25.1. The van der Waals surface area contributed by atoms with E-state index in [0.717, 1.165) is 49.2 Å². The second-order valence-corrected chi connectivity index (χ2v) is 8.15. The number of allylic oxidation sites excluding steroid dienone is 3. The van der Waals surface area contributed by atoms with Crippen LogP contribution in [0.3, 0.4) is 0 Å². The van der Waals surface area contributed by atoms with E-state index in [1.54, 1.807) is 35.4 Å². The molecule has 1 aromatic rings. The van der Waals surface area contributed by atoms with Crippen LogP contribution in [0.4, 0.5) is 10.1 Å². The Morgan fingerprint density at radius 1 is 1.26 bits per heavy atom. The number of rotatable bonds is 11. The minimum absolute atomic E-state index is 0.258. The molecule has 2 aliphatic heterocycles. The fraction of sp³-hybridized carbons (Fsp3) is 0.385. The Morgan fingerprint density at radius 3 is 2.76 bits per heavy atom. The number of carbonyl (C=O) groups is 3. The Balaban J connectivity index is 1.62. The largest absolute Gasteiger partial charge is 0.375 e. The first-order valence-electron chi connectivity index (χ1n) is 11.6. The Hall–Kier alpha value is -3.48. The number of halogens is 1. The number of hydrogen-bond acceptors (Lipinski definition) is 6. The van der Waals surface area contributed by atoms with Crippen molar-refractivity contribution in [1.82, 2.24) is 15.5 Å². The zero-order valence-electron chi connectivity index (χ0n) is 19.6. The Kier molecular flexibility index (Phi) is 8.96. The lowest BCUT2D eigenvalue weighted by atomic mass is 10.0. The summed E-state index contributed by atoms with van der Waals surface area (Å²) < 4.78 is 13.5. The van der Waals surface area contributed by atoms with Crippen molar-refractivity contribution in [2.45, 2.75) is 38.8 Å². The number of anilines is 1. The molecule has 0 bridgehead atoms. The summed E-state index contributed by atoms with van der Waals surface area (Å²) in [6, 6.07) is 3.37. The fourth-order valence-corrected chi connectivity index (χ4v) is 4.09. The van der Waals surface area contributed by atoms with E-state index in [1.807, 2.05) is 0 Å². The second-order valence-electron chi connectivity index (χ2n) is 8.15. The van der Waals surface area contributed by atoms with Crippen LogP contribution in [0.15, 0.2) is 59.6 Å². The van der Waals surface area contributed by atoms with Gasteiger partial charge in [-0.15, -0.1) is 5.73 Å². The quantitative estimate of drug-likeness (QED) is 0.385. The average Bonchev–Trinajstić information content (AvgIpc) is 3.20. The van der Waals surface area contributed by atoms with Crippen LogP contribution in [0.25, 0.3) is 0 Å². The molecule has 1 aromatic carbocycles. The van der Waals surface area contributed by atoms with Gasteiger partial charge < -0.3 is 30.0 Å². The standard InChI is InChI=1S/C26H31FN4O3/c1-3-30(4-2)14-12-28-26(34)23-10-9-21(29-24(23)18-33)7-5-6-13-31-22(17-32)16-19-15-20(27)8-11-25(19)31/h5,8-11,13,15,17-18,22,24,29H,3-4,7,12,14,16H2,1-2H3,(H,28,34). The summed E-state index contributed by atoms with van der Waals surface area (Å²) >= 11 is 0. The average molecular weight is 467 g/mol. The molecule has 0 aromatic heterocycles. The van der Waals surface area contributed by atoms with Crippen molar-refractivity contribution in [3.63, 3.8) is 0 Å². The number of dihydropyridines is 1. The Bertz CT molecular complexity index is 1040. The van der Waals surface area contributed by atoms with Crippen LogP contribution in [0, 0.1) is 5.82 Å². The third-order valence-electron chi connectivity index (χ3n) is 6.06. The fourth-order valence-electron chi connectivity index (χ4n) is 4.09. The number of nitrogens with zero attached hydrogens (tertiary/aromatic N) is 2. The number of likely N-dealkylation sites (N-methyl/N-ethyl adjacent to an activating group) is 1. The van der Waals surface area contributed by atoms with Gasteiger partial charge in [0.2, 0.25) is 5.91 Å². The van der Waals surface area contributed by atoms with Crippen molar-refractivity contribution < 1.29 is 18.8 Å². The van der Waals surface area contributed by atoms with E-state index in [0.29, 0.717) is 25.0 Å². The van der Waals surface area contributed by atoms with Gasteiger partial charge in [0, 0.05) is 49.1 Å². The van der Waals surface area contributed by atoms with E-state index in [2.05, 4.69) is 35.1 Å². The summed E-state index contributed by atoms with van der Waals surface area (Å²) in [7, 11) is 0. The zero-order valence-corrected chi connectivity index (χ0v) is 19.6. The SMILES string of the molecule is CCN(CC)CCNC(=O)C1=CC=C(CC=C=CN2c3ccc(F)cc3CC2C=O)NC1C=O. The maximum absolute atomic E-state index is 13.5. The molecular weight excluding hydrogens is 435 g/mol. The van der Waals surface area contributed by atoms with Gasteiger partial charge in [-0.3, -0.25) is 4.79 Å². The second kappa shape index (κ2) is 12.1. The molecule has 0 spiro atoms. The topological polar surface area (TPSA) is 81.8 Å². The van der Waals surface area contributed by atoms with Gasteiger partial charge in [-0.05, 0) is 55.1 Å². The highest BCUT2D eigenvalue weighted by Crippen LogP contribution is 2.32. The van der Waals surface area contributed by atoms with Crippen LogP contribution in [-0.2, 0) is 20.8 Å². The number of amides is 1. The minimum atomic E-state index is -0.717. The van der Waals surface area contributed by atoms with Crippen molar-refractivity contribution in [3.05, 3.63) is 71.0 Å². The third-order valence-corrected chi connectivity index (χ3v) is 6.06. The van der Waals surface area contributed by atoms with Crippen LogP contribution in [0.2, 0.25) is 0 Å². The molecule has 0 fully saturated rings. The molecule has 0 saturated carbocycles. The van der Waals surface area contributed by atoms with Crippen LogP contribution in [-0.4, -0.2) is 61.6 Å². The number of nitrogens with one attached hydrogen (secondary N) is 2. The molecule has 34 heavy (non-hydrogen) atoms. The lowest BCUT2D eigenvalue weighted by Crippen LogP contribution is -2.42. The van der Waals surface area contributed by atoms with E-state index in [9.17, 15) is 18.8 Å². The van der Waals surface area contributed by atoms with Gasteiger partial charge >= 0.3 is 0 Å². The summed E-state index contributed by atoms with van der Waals surface area (Å²) in [6.45, 7) is 7.25. The van der Waals surface area contributed by atoms with Crippen LogP contribution in [0.1, 0.15) is 25.8 Å². The molecule has 0 aliphatic carbocycles. The maximum Gasteiger partial charge on any atom is 0.249 e. The van der Waals surface area contributed by atoms with Gasteiger partial charge in [-0.2, -0.15) is 0 Å². The molecule has 0 saturated heterocycles. The minimum Gasteiger partial charge on any atom is -0.375 e. The van der Waals surface area contributed by atoms with Gasteiger partial charge in [0.1, 0.15) is 24.4 Å². The highest BCUT2D eigenvalue weighted by atomic mass is 19.1. The number of carbonyl (C=O) groups excluding carboxylic acids is 3. The van der Waals surface area contributed by atoms with Crippen LogP contribution >= 0.6 is 0 Å². The van der Waals surface area contributed by atoms with Crippen LogP contribution in [0.5, 0.6) is 0 Å². The van der Waals surface area contributed by atoms with Crippen molar-refractivity contribution in [3.8, 4) is 0 Å². The van der Waals surface area contributed by atoms with Gasteiger partial charge in [0.05, 0.1) is 6.04 Å². The molecule has 180 valence electrons. The summed E-state index contributed by atoms with van der Waals surface area (Å²) in [6.07, 6.45) is 9.37. The summed E-state index contributed by atoms with van der Waals surface area (Å²) in [5, 5.41) is 5.96. The van der Waals surface area contributed by atoms with E-state index in [4.69, 9.17) is 0 Å². The number of benzene rings is 1. The van der Waals surface area contributed by atoms with Gasteiger partial charge in [-0.1, -0.05) is 13.8 Å². The summed E-state index contributed by atoms with van der Waals surface area (Å²) in [4.78, 5) is 39.5. The highest BCUT2D eigenvalue weighted by molar-refractivity contribution is 5.99. The van der Waals surface area contributed by atoms with Crippen molar-refractivity contribution in [1.29, 1.82) is 0 Å². The predicted molar refractivity (Wildman–Crippen MR) is 130 cm³/mol. The molecule has 2 heterocycles. The summed E-state index contributed by atoms with van der Waals surface area (Å²) in [5.41, 5.74) is 5.79. The van der Waals surface area contributed by atoms with E-state index in [1.165, 1.54) is 12.1 Å². The number of aldehydes is 2. The molecule has 1 amide bonds. The molecule has 2 aliphatic rings. The molecule has 3 rings (SSSR count). The molecule has 8 heteroatoms. The molecule has 2 unspecified atom stereocenters. The van der Waals surface area contributed by atoms with E-state index >= 15 is 0 Å². The van der Waals surface area contributed by atoms with Crippen LogP contribution < -0.4 is 15.5 Å². The molecule has 0 radical (unpaired) electrons. The van der Waals surface area contributed by atoms with Gasteiger partial charge in [0.25, 0.3) is 0 Å². The maximum atomic E-state index is 13.5. The first-order chi connectivity index (χ1) is 16.5. The monoisotopic (exact) mass is 466 g/mol. The number of fused-ring (bicyclic) bond motifs is 1. The zero-order chi connectivity index (χ0) is 24.5. The molecule has 2 N–H and O–H groups in total. The van der Waals surface area contributed by atoms with Gasteiger partial charge in [-0.25, -0.2) is 4.39 Å². The molecule has 7 nitrogen and oxygen atoms in total. The Labute approximate surface area is 199 Å². The first-order valence-corrected chi connectivity index (χ1v) is 11.6. The van der Waals surface area contributed by atoms with Crippen molar-refractivity contribution in [2.75, 3.05) is 31.1 Å². The van der Waals surface area contributed by atoms with Gasteiger partial charge in [0.15, 0.2) is 0 Å². The third kappa shape index (κ3) is 6.10. The Morgan fingerprint density at radius 2 is 2.06 bits per heavy atom. The van der Waals surface area contributed by atoms with E-state index in [-0.39, 0.29) is 11.7 Å². The highest BCUT2D eigenvalue weighted by Gasteiger charge is 2.27. The smallest absolute Gasteiger partial charge is 0.249 e. The normalized spacial score (nSPS) is 18.8. The lowest BCUT2D eigenvalue weighted by Gasteiger charge is -2.23. The number of hydrogen-bond donors (Lipinski definition) is 2. The lowest BCUT2D eigenvalue weighted by molar-refractivity contribution is -0.119. The molecule has 2 atom stereocenters. The summed E-state index contributed by atoms with van der Waals surface area (Å²) in [5.74, 6) is -0.582. The van der Waals surface area contributed by atoms with Crippen molar-refractivity contribution >= 4 is 24.2 Å². The predicted octanol–water partition coefficient (Wildman–Crippen LogP) is 2.25. The molecular formula is C26H31FN4O3. The van der Waals surface area contributed by atoms with E-state index < -0.39 is 12.1 Å².